The van der Waals surface area contributed by atoms with E-state index in [0.717, 1.165) is 53.4 Å². The molecule has 0 bridgehead atoms. The van der Waals surface area contributed by atoms with Crippen LogP contribution in [0.5, 0.6) is 0 Å². The lowest BCUT2D eigenvalue weighted by Crippen LogP contribution is -2.20. The summed E-state index contributed by atoms with van der Waals surface area (Å²) in [5, 5.41) is 19.8. The largest absolute Gasteiger partial charge is 0.379 e. The quantitative estimate of drug-likeness (QED) is 0.523. The van der Waals surface area contributed by atoms with Crippen LogP contribution in [0, 0.1) is 6.92 Å². The SMILES string of the molecule is Cc1[nH]nc2cc(Nc3nc4cccc(N[C@H]5CCOC5)n4n3)ccc12.[HH]. The average Bonchev–Trinajstić information content (AvgIpc) is 3.36. The highest BCUT2D eigenvalue weighted by molar-refractivity contribution is 5.85. The number of H-pyrrole nitrogens is 1. The monoisotopic (exact) mass is 351 g/mol. The molecule has 0 radical (unpaired) electrons. The third-order valence-electron chi connectivity index (χ3n) is 4.64. The van der Waals surface area contributed by atoms with E-state index >= 15 is 0 Å². The van der Waals surface area contributed by atoms with E-state index in [0.29, 0.717) is 12.0 Å². The van der Waals surface area contributed by atoms with Crippen molar-refractivity contribution >= 4 is 34.0 Å². The van der Waals surface area contributed by atoms with Crippen LogP contribution < -0.4 is 10.6 Å². The first kappa shape index (κ1) is 15.2. The predicted octanol–water partition coefficient (Wildman–Crippen LogP) is 3.10. The van der Waals surface area contributed by atoms with Gasteiger partial charge in [-0.15, -0.1) is 5.10 Å². The highest BCUT2D eigenvalue weighted by Crippen LogP contribution is 2.23. The third-order valence-corrected chi connectivity index (χ3v) is 4.64. The van der Waals surface area contributed by atoms with Gasteiger partial charge < -0.3 is 15.4 Å². The Balaban J connectivity index is 0.00000180. The zero-order chi connectivity index (χ0) is 17.5. The summed E-state index contributed by atoms with van der Waals surface area (Å²) in [5.41, 5.74) is 3.66. The number of nitrogens with zero attached hydrogens (tertiary/aromatic N) is 4. The van der Waals surface area contributed by atoms with Gasteiger partial charge in [0, 0.05) is 24.8 Å². The van der Waals surface area contributed by atoms with Gasteiger partial charge in [-0.2, -0.15) is 14.6 Å². The number of hydrogen-bond donors (Lipinski definition) is 3. The molecule has 1 fully saturated rings. The molecule has 1 aliphatic rings. The number of rotatable bonds is 4. The van der Waals surface area contributed by atoms with Gasteiger partial charge in [0.1, 0.15) is 5.82 Å². The normalized spacial score (nSPS) is 17.2. The minimum atomic E-state index is 0. The summed E-state index contributed by atoms with van der Waals surface area (Å²) in [6, 6.07) is 12.3. The molecule has 4 aromatic rings. The van der Waals surface area contributed by atoms with Crippen LogP contribution in [0.3, 0.4) is 0 Å². The summed E-state index contributed by atoms with van der Waals surface area (Å²) in [5.74, 6) is 1.46. The standard InChI is InChI=1S/C18H19N7O.H2/c1-11-14-6-5-12(9-15(14)23-22-11)20-18-21-17-4-2-3-16(25(17)24-18)19-13-7-8-26-10-13;/h2-6,9,13,19H,7-8,10H2,1H3,(H,20,24)(H,22,23);1H/t13-;/m0./s1. The Morgan fingerprint density at radius 2 is 2.27 bits per heavy atom. The molecule has 0 amide bonds. The molecule has 26 heavy (non-hydrogen) atoms. The molecule has 8 nitrogen and oxygen atoms in total. The van der Waals surface area contributed by atoms with Crippen LogP contribution in [0.1, 0.15) is 13.5 Å². The van der Waals surface area contributed by atoms with E-state index in [9.17, 15) is 0 Å². The van der Waals surface area contributed by atoms with Crippen molar-refractivity contribution in [3.8, 4) is 0 Å². The summed E-state index contributed by atoms with van der Waals surface area (Å²) in [6.45, 7) is 3.53. The molecule has 3 N–H and O–H groups in total. The number of fused-ring (bicyclic) bond motifs is 2. The van der Waals surface area contributed by atoms with Gasteiger partial charge in [-0.1, -0.05) is 6.07 Å². The maximum atomic E-state index is 5.43. The Hall–Kier alpha value is -3.13. The van der Waals surface area contributed by atoms with Gasteiger partial charge in [-0.3, -0.25) is 5.10 Å². The lowest BCUT2D eigenvalue weighted by Gasteiger charge is -2.12. The second-order valence-electron chi connectivity index (χ2n) is 6.53. The molecule has 1 atom stereocenters. The number of aryl methyl sites for hydroxylation is 1. The summed E-state index contributed by atoms with van der Waals surface area (Å²) >= 11 is 0. The van der Waals surface area contributed by atoms with Crippen molar-refractivity contribution in [2.75, 3.05) is 23.8 Å². The van der Waals surface area contributed by atoms with Crippen LogP contribution in [0.4, 0.5) is 17.5 Å². The number of ether oxygens (including phenoxy) is 1. The molecule has 0 spiro atoms. The fraction of sp³-hybridized carbons (Fsp3) is 0.278. The number of hydrogen-bond acceptors (Lipinski definition) is 6. The minimum Gasteiger partial charge on any atom is -0.379 e. The van der Waals surface area contributed by atoms with Gasteiger partial charge in [0.05, 0.1) is 18.2 Å². The molecule has 0 unspecified atom stereocenters. The predicted molar refractivity (Wildman–Crippen MR) is 102 cm³/mol. The molecule has 1 saturated heterocycles. The molecule has 3 aromatic heterocycles. The Bertz CT molecular complexity index is 1080. The van der Waals surface area contributed by atoms with E-state index < -0.39 is 0 Å². The topological polar surface area (TPSA) is 92.2 Å². The van der Waals surface area contributed by atoms with Crippen molar-refractivity contribution in [2.24, 2.45) is 0 Å². The molecule has 5 rings (SSSR count). The van der Waals surface area contributed by atoms with Crippen LogP contribution in [-0.2, 0) is 4.74 Å². The number of benzene rings is 1. The van der Waals surface area contributed by atoms with Gasteiger partial charge in [0.2, 0.25) is 5.95 Å². The summed E-state index contributed by atoms with van der Waals surface area (Å²) in [7, 11) is 0. The van der Waals surface area contributed by atoms with E-state index in [1.54, 1.807) is 0 Å². The van der Waals surface area contributed by atoms with Crippen molar-refractivity contribution in [3.63, 3.8) is 0 Å². The van der Waals surface area contributed by atoms with Crippen LogP contribution in [0.25, 0.3) is 16.6 Å². The number of nitrogens with one attached hydrogen (secondary N) is 3. The Labute approximate surface area is 151 Å². The fourth-order valence-corrected chi connectivity index (χ4v) is 3.28. The second-order valence-corrected chi connectivity index (χ2v) is 6.53. The molecule has 1 aromatic carbocycles. The maximum absolute atomic E-state index is 5.43. The zero-order valence-electron chi connectivity index (χ0n) is 14.4. The number of aromatic amines is 1. The van der Waals surface area contributed by atoms with Gasteiger partial charge >= 0.3 is 0 Å². The molecule has 1 aliphatic heterocycles. The fourth-order valence-electron chi connectivity index (χ4n) is 3.28. The zero-order valence-corrected chi connectivity index (χ0v) is 14.4. The lowest BCUT2D eigenvalue weighted by atomic mass is 10.2. The average molecular weight is 351 g/mol. The maximum Gasteiger partial charge on any atom is 0.247 e. The molecular weight excluding hydrogens is 330 g/mol. The summed E-state index contributed by atoms with van der Waals surface area (Å²) < 4.78 is 7.25. The van der Waals surface area contributed by atoms with Crippen molar-refractivity contribution < 1.29 is 6.16 Å². The van der Waals surface area contributed by atoms with E-state index in [1.807, 2.05) is 47.8 Å². The highest BCUT2D eigenvalue weighted by atomic mass is 16.5. The number of anilines is 3. The van der Waals surface area contributed by atoms with E-state index in [4.69, 9.17) is 4.74 Å². The van der Waals surface area contributed by atoms with Crippen LogP contribution >= 0.6 is 0 Å². The third kappa shape index (κ3) is 2.64. The minimum absolute atomic E-state index is 0. The lowest BCUT2D eigenvalue weighted by molar-refractivity contribution is 0.195. The van der Waals surface area contributed by atoms with E-state index in [2.05, 4.69) is 30.9 Å². The van der Waals surface area contributed by atoms with Crippen LogP contribution in [0.2, 0.25) is 0 Å². The molecule has 0 aliphatic carbocycles. The first-order chi connectivity index (χ1) is 12.8. The van der Waals surface area contributed by atoms with Gasteiger partial charge in [0.25, 0.3) is 0 Å². The van der Waals surface area contributed by atoms with Gasteiger partial charge in [0.15, 0.2) is 5.65 Å². The Morgan fingerprint density at radius 3 is 3.15 bits per heavy atom. The summed E-state index contributed by atoms with van der Waals surface area (Å²) in [6.07, 6.45) is 0.999. The molecule has 4 heterocycles. The molecule has 0 saturated carbocycles. The highest BCUT2D eigenvalue weighted by Gasteiger charge is 2.17. The molecule has 134 valence electrons. The van der Waals surface area contributed by atoms with E-state index in [1.165, 1.54) is 0 Å². The van der Waals surface area contributed by atoms with Gasteiger partial charge in [-0.05, 0) is 43.7 Å². The van der Waals surface area contributed by atoms with Crippen molar-refractivity contribution in [2.45, 2.75) is 19.4 Å². The Morgan fingerprint density at radius 1 is 1.31 bits per heavy atom. The van der Waals surface area contributed by atoms with Crippen LogP contribution in [0.15, 0.2) is 36.4 Å². The molecular formula is C18H21N7O. The van der Waals surface area contributed by atoms with Crippen molar-refractivity contribution in [1.82, 2.24) is 24.8 Å². The second kappa shape index (κ2) is 5.99. The molecule has 8 heteroatoms. The first-order valence-electron chi connectivity index (χ1n) is 8.68. The van der Waals surface area contributed by atoms with Crippen LogP contribution in [-0.4, -0.2) is 44.1 Å². The van der Waals surface area contributed by atoms with Gasteiger partial charge in [-0.25, -0.2) is 0 Å². The summed E-state index contributed by atoms with van der Waals surface area (Å²) in [4.78, 5) is 4.57. The number of aromatic nitrogens is 5. The first-order valence-corrected chi connectivity index (χ1v) is 8.68. The van der Waals surface area contributed by atoms with Crippen molar-refractivity contribution in [1.29, 1.82) is 0 Å². The smallest absolute Gasteiger partial charge is 0.247 e. The number of pyridine rings is 1. The van der Waals surface area contributed by atoms with Crippen molar-refractivity contribution in [3.05, 3.63) is 42.1 Å². The Kier molecular flexibility index (Phi) is 3.49. The van der Waals surface area contributed by atoms with E-state index in [-0.39, 0.29) is 1.43 Å².